The van der Waals surface area contributed by atoms with Gasteiger partial charge in [0.25, 0.3) is 0 Å². The predicted molar refractivity (Wildman–Crippen MR) is 46.7 cm³/mol. The third kappa shape index (κ3) is 2.21. The van der Waals surface area contributed by atoms with E-state index in [-0.39, 0.29) is 0 Å². The number of hydrogen-bond donors (Lipinski definition) is 0. The molecule has 1 aliphatic rings. The number of oxime groups is 1. The van der Waals surface area contributed by atoms with Gasteiger partial charge >= 0.3 is 0 Å². The van der Waals surface area contributed by atoms with Gasteiger partial charge in [-0.25, -0.2) is 0 Å². The van der Waals surface area contributed by atoms with Crippen LogP contribution >= 0.6 is 0 Å². The third-order valence-electron chi connectivity index (χ3n) is 2.17. The summed E-state index contributed by atoms with van der Waals surface area (Å²) in [7, 11) is 0. The van der Waals surface area contributed by atoms with Crippen molar-refractivity contribution >= 4 is 5.71 Å². The molecular weight excluding hydrogens is 138 g/mol. The van der Waals surface area contributed by atoms with Crippen molar-refractivity contribution < 1.29 is 4.84 Å². The van der Waals surface area contributed by atoms with Gasteiger partial charge in [-0.2, -0.15) is 0 Å². The maximum absolute atomic E-state index is 5.14. The minimum absolute atomic E-state index is 0.348. The molecule has 0 spiro atoms. The Morgan fingerprint density at radius 2 is 2.36 bits per heavy atom. The van der Waals surface area contributed by atoms with Crippen LogP contribution in [0.2, 0.25) is 0 Å². The Morgan fingerprint density at radius 3 is 2.91 bits per heavy atom. The highest BCUT2D eigenvalue weighted by atomic mass is 16.6. The van der Waals surface area contributed by atoms with Gasteiger partial charge in [0, 0.05) is 5.41 Å². The van der Waals surface area contributed by atoms with E-state index in [1.54, 1.807) is 0 Å². The van der Waals surface area contributed by atoms with Crippen molar-refractivity contribution in [2.45, 2.75) is 40.0 Å². The van der Waals surface area contributed by atoms with Crippen LogP contribution in [0.1, 0.15) is 40.0 Å². The molecule has 2 heteroatoms. The zero-order valence-electron chi connectivity index (χ0n) is 7.68. The molecule has 0 aromatic carbocycles. The van der Waals surface area contributed by atoms with Gasteiger partial charge in [-0.3, -0.25) is 0 Å². The smallest absolute Gasteiger partial charge is 0.122 e. The van der Waals surface area contributed by atoms with E-state index in [4.69, 9.17) is 4.84 Å². The van der Waals surface area contributed by atoms with E-state index in [0.717, 1.165) is 18.7 Å². The fraction of sp³-hybridized carbons (Fsp3) is 0.889. The van der Waals surface area contributed by atoms with Crippen molar-refractivity contribution in [3.8, 4) is 0 Å². The van der Waals surface area contributed by atoms with Crippen molar-refractivity contribution in [3.63, 3.8) is 0 Å². The first kappa shape index (κ1) is 8.57. The van der Waals surface area contributed by atoms with Crippen molar-refractivity contribution in [1.29, 1.82) is 0 Å². The van der Waals surface area contributed by atoms with E-state index < -0.39 is 0 Å². The first-order valence-electron chi connectivity index (χ1n) is 4.32. The first-order chi connectivity index (χ1) is 5.16. The highest BCUT2D eigenvalue weighted by Crippen LogP contribution is 2.31. The van der Waals surface area contributed by atoms with Gasteiger partial charge in [0.2, 0.25) is 0 Å². The van der Waals surface area contributed by atoms with Crippen LogP contribution in [0.5, 0.6) is 0 Å². The normalized spacial score (nSPS) is 31.0. The van der Waals surface area contributed by atoms with E-state index in [0.29, 0.717) is 5.41 Å². The summed E-state index contributed by atoms with van der Waals surface area (Å²) < 4.78 is 0. The Labute approximate surface area is 68.6 Å². The average molecular weight is 155 g/mol. The molecule has 0 fully saturated rings. The van der Waals surface area contributed by atoms with Crippen LogP contribution in [0.4, 0.5) is 0 Å². The Kier molecular flexibility index (Phi) is 2.53. The van der Waals surface area contributed by atoms with Crippen LogP contribution in [0, 0.1) is 5.41 Å². The molecule has 0 aromatic heterocycles. The minimum Gasteiger partial charge on any atom is -0.395 e. The molecule has 11 heavy (non-hydrogen) atoms. The SMILES string of the molecule is CCC[C@]1(C)CON=C(C)C1. The van der Waals surface area contributed by atoms with E-state index in [2.05, 4.69) is 19.0 Å². The summed E-state index contributed by atoms with van der Waals surface area (Å²) in [5, 5.41) is 3.92. The maximum atomic E-state index is 5.14. The molecule has 0 unspecified atom stereocenters. The Bertz CT molecular complexity index is 165. The standard InChI is InChI=1S/C9H17NO/c1-4-5-9(3)6-8(2)10-11-7-9/h4-7H2,1-3H3/t9-/m0/s1. The zero-order valence-corrected chi connectivity index (χ0v) is 7.68. The van der Waals surface area contributed by atoms with Crippen LogP contribution in [0.25, 0.3) is 0 Å². The van der Waals surface area contributed by atoms with Crippen molar-refractivity contribution in [2.24, 2.45) is 10.6 Å². The van der Waals surface area contributed by atoms with Crippen LogP contribution in [-0.4, -0.2) is 12.3 Å². The molecule has 0 radical (unpaired) electrons. The second kappa shape index (κ2) is 3.24. The van der Waals surface area contributed by atoms with Crippen molar-refractivity contribution in [3.05, 3.63) is 0 Å². The lowest BCUT2D eigenvalue weighted by atomic mass is 9.81. The van der Waals surface area contributed by atoms with E-state index >= 15 is 0 Å². The summed E-state index contributed by atoms with van der Waals surface area (Å²) in [6, 6.07) is 0. The largest absolute Gasteiger partial charge is 0.395 e. The second-order valence-electron chi connectivity index (χ2n) is 3.84. The zero-order chi connectivity index (χ0) is 8.32. The molecule has 0 aromatic rings. The fourth-order valence-electron chi connectivity index (χ4n) is 1.76. The lowest BCUT2D eigenvalue weighted by molar-refractivity contribution is 0.0390. The Balaban J connectivity index is 2.53. The minimum atomic E-state index is 0.348. The van der Waals surface area contributed by atoms with Gasteiger partial charge in [-0.1, -0.05) is 25.4 Å². The average Bonchev–Trinajstić information content (AvgIpc) is 1.86. The monoisotopic (exact) mass is 155 g/mol. The van der Waals surface area contributed by atoms with Crippen LogP contribution in [0.3, 0.4) is 0 Å². The van der Waals surface area contributed by atoms with E-state index in [9.17, 15) is 0 Å². The number of nitrogens with zero attached hydrogens (tertiary/aromatic N) is 1. The third-order valence-corrected chi connectivity index (χ3v) is 2.17. The predicted octanol–water partition coefficient (Wildman–Crippen LogP) is 2.59. The quantitative estimate of drug-likeness (QED) is 0.600. The van der Waals surface area contributed by atoms with Gasteiger partial charge in [0.05, 0.1) is 5.71 Å². The molecular formula is C9H17NO. The number of rotatable bonds is 2. The molecule has 1 rings (SSSR count). The summed E-state index contributed by atoms with van der Waals surface area (Å²) >= 11 is 0. The van der Waals surface area contributed by atoms with Gasteiger partial charge in [-0.05, 0) is 19.8 Å². The molecule has 1 heterocycles. The highest BCUT2D eigenvalue weighted by Gasteiger charge is 2.28. The summed E-state index contributed by atoms with van der Waals surface area (Å²) in [5.41, 5.74) is 1.48. The second-order valence-corrected chi connectivity index (χ2v) is 3.84. The summed E-state index contributed by atoms with van der Waals surface area (Å²) in [4.78, 5) is 5.14. The fourth-order valence-corrected chi connectivity index (χ4v) is 1.76. The van der Waals surface area contributed by atoms with Crippen LogP contribution < -0.4 is 0 Å². The van der Waals surface area contributed by atoms with Gasteiger partial charge in [0.1, 0.15) is 6.61 Å². The molecule has 0 saturated heterocycles. The summed E-state index contributed by atoms with van der Waals surface area (Å²) in [6.45, 7) is 7.31. The molecule has 2 nitrogen and oxygen atoms in total. The highest BCUT2D eigenvalue weighted by molar-refractivity contribution is 5.82. The van der Waals surface area contributed by atoms with Gasteiger partial charge in [0.15, 0.2) is 0 Å². The molecule has 0 aliphatic carbocycles. The lowest BCUT2D eigenvalue weighted by Gasteiger charge is -2.30. The Hall–Kier alpha value is -0.530. The molecule has 1 atom stereocenters. The molecule has 0 bridgehead atoms. The lowest BCUT2D eigenvalue weighted by Crippen LogP contribution is -2.28. The molecule has 1 aliphatic heterocycles. The molecule has 64 valence electrons. The Morgan fingerprint density at radius 1 is 1.64 bits per heavy atom. The maximum Gasteiger partial charge on any atom is 0.122 e. The van der Waals surface area contributed by atoms with Crippen molar-refractivity contribution in [2.75, 3.05) is 6.61 Å². The molecule has 0 amide bonds. The number of hydrogen-bond acceptors (Lipinski definition) is 2. The van der Waals surface area contributed by atoms with Crippen LogP contribution in [-0.2, 0) is 4.84 Å². The summed E-state index contributed by atoms with van der Waals surface area (Å²) in [5.74, 6) is 0. The van der Waals surface area contributed by atoms with Crippen LogP contribution in [0.15, 0.2) is 5.16 Å². The van der Waals surface area contributed by atoms with Gasteiger partial charge < -0.3 is 4.84 Å². The molecule has 0 N–H and O–H groups in total. The van der Waals surface area contributed by atoms with E-state index in [1.165, 1.54) is 12.8 Å². The first-order valence-corrected chi connectivity index (χ1v) is 4.32. The van der Waals surface area contributed by atoms with Crippen molar-refractivity contribution in [1.82, 2.24) is 0 Å². The topological polar surface area (TPSA) is 21.6 Å². The summed E-state index contributed by atoms with van der Waals surface area (Å²) in [6.07, 6.45) is 3.56. The van der Waals surface area contributed by atoms with E-state index in [1.807, 2.05) is 6.92 Å². The molecule has 0 saturated carbocycles. The van der Waals surface area contributed by atoms with Gasteiger partial charge in [-0.15, -0.1) is 0 Å².